The summed E-state index contributed by atoms with van der Waals surface area (Å²) >= 11 is 5.57. The molecule has 0 fully saturated rings. The number of urea groups is 1. The Morgan fingerprint density at radius 2 is 1.52 bits per heavy atom. The molecule has 3 aromatic carbocycles. The maximum absolute atomic E-state index is 12.9. The number of rotatable bonds is 4. The summed E-state index contributed by atoms with van der Waals surface area (Å²) in [6.07, 6.45) is -4.63. The van der Waals surface area contributed by atoms with Gasteiger partial charge < -0.3 is 24.8 Å². The van der Waals surface area contributed by atoms with E-state index in [1.54, 1.807) is 42.5 Å². The fraction of sp³-hybridized carbons (Fsp3) is 0.0952. The summed E-state index contributed by atoms with van der Waals surface area (Å²) in [5, 5.41) is 4.43. The fourth-order valence-electron chi connectivity index (χ4n) is 2.80. The number of benzene rings is 3. The molecule has 0 aromatic heterocycles. The summed E-state index contributed by atoms with van der Waals surface area (Å²) in [6, 6.07) is 14.0. The Kier molecular flexibility index (Phi) is 5.51. The van der Waals surface area contributed by atoms with Gasteiger partial charge in [-0.2, -0.15) is 13.2 Å². The van der Waals surface area contributed by atoms with E-state index < -0.39 is 22.8 Å². The van der Waals surface area contributed by atoms with E-state index in [9.17, 15) is 18.0 Å². The number of hydrogen-bond donors (Lipinski definition) is 2. The minimum Gasteiger partial charge on any atom is -0.457 e. The number of carbonyl (C=O) groups is 1. The van der Waals surface area contributed by atoms with E-state index in [0.717, 1.165) is 12.1 Å². The zero-order chi connectivity index (χ0) is 22.0. The van der Waals surface area contributed by atoms with Gasteiger partial charge in [-0.1, -0.05) is 11.6 Å². The van der Waals surface area contributed by atoms with Crippen LogP contribution in [0.1, 0.15) is 5.56 Å². The van der Waals surface area contributed by atoms with E-state index in [2.05, 4.69) is 10.6 Å². The standard InChI is InChI=1S/C21H14ClF3N2O4/c22-17-7-3-13(9-16(17)21(23,24)25)27-20(28)26-12-1-4-14(5-2-12)31-15-6-8-18-19(10-15)30-11-29-18/h1-10H,11H2,(H2,26,27,28). The Balaban J connectivity index is 1.37. The van der Waals surface area contributed by atoms with Gasteiger partial charge in [-0.05, 0) is 54.6 Å². The van der Waals surface area contributed by atoms with Gasteiger partial charge in [0.2, 0.25) is 6.79 Å². The first-order valence-corrected chi connectivity index (χ1v) is 9.28. The first kappa shape index (κ1) is 20.7. The Morgan fingerprint density at radius 1 is 0.871 bits per heavy atom. The van der Waals surface area contributed by atoms with E-state index in [0.29, 0.717) is 28.7 Å². The van der Waals surface area contributed by atoms with Gasteiger partial charge in [-0.3, -0.25) is 0 Å². The van der Waals surface area contributed by atoms with E-state index in [4.69, 9.17) is 25.8 Å². The van der Waals surface area contributed by atoms with Crippen LogP contribution in [0.25, 0.3) is 0 Å². The van der Waals surface area contributed by atoms with Crippen LogP contribution in [0, 0.1) is 0 Å². The third-order valence-electron chi connectivity index (χ3n) is 4.22. The number of carbonyl (C=O) groups excluding carboxylic acids is 1. The van der Waals surface area contributed by atoms with Crippen molar-refractivity contribution in [3.63, 3.8) is 0 Å². The molecule has 0 aliphatic carbocycles. The number of alkyl halides is 3. The van der Waals surface area contributed by atoms with Crippen LogP contribution in [-0.4, -0.2) is 12.8 Å². The Bertz CT molecular complexity index is 1120. The predicted molar refractivity (Wildman–Crippen MR) is 108 cm³/mol. The lowest BCUT2D eigenvalue weighted by molar-refractivity contribution is -0.137. The van der Waals surface area contributed by atoms with Crippen LogP contribution in [0.15, 0.2) is 60.7 Å². The maximum Gasteiger partial charge on any atom is 0.417 e. The van der Waals surface area contributed by atoms with Gasteiger partial charge in [0, 0.05) is 17.4 Å². The molecule has 0 saturated heterocycles. The summed E-state index contributed by atoms with van der Waals surface area (Å²) in [4.78, 5) is 12.1. The number of anilines is 2. The third-order valence-corrected chi connectivity index (χ3v) is 4.55. The molecule has 0 unspecified atom stereocenters. The largest absolute Gasteiger partial charge is 0.457 e. The van der Waals surface area contributed by atoms with Crippen molar-refractivity contribution in [1.29, 1.82) is 0 Å². The average Bonchev–Trinajstić information content (AvgIpc) is 3.18. The fourth-order valence-corrected chi connectivity index (χ4v) is 3.02. The molecule has 1 heterocycles. The molecule has 1 aliphatic heterocycles. The zero-order valence-corrected chi connectivity index (χ0v) is 16.4. The highest BCUT2D eigenvalue weighted by molar-refractivity contribution is 6.31. The number of amides is 2. The summed E-state index contributed by atoms with van der Waals surface area (Å²) < 4.78 is 55.1. The number of ether oxygens (including phenoxy) is 3. The topological polar surface area (TPSA) is 68.8 Å². The molecule has 0 radical (unpaired) electrons. The smallest absolute Gasteiger partial charge is 0.417 e. The second kappa shape index (κ2) is 8.27. The van der Waals surface area contributed by atoms with Crippen LogP contribution < -0.4 is 24.8 Å². The van der Waals surface area contributed by atoms with E-state index in [1.165, 1.54) is 6.07 Å². The first-order valence-electron chi connectivity index (χ1n) is 8.90. The molecule has 4 rings (SSSR count). The molecule has 0 saturated carbocycles. The Hall–Kier alpha value is -3.59. The molecule has 2 N–H and O–H groups in total. The number of halogens is 4. The Labute approximate surface area is 179 Å². The van der Waals surface area contributed by atoms with Crippen molar-refractivity contribution in [2.75, 3.05) is 17.4 Å². The molecule has 160 valence electrons. The lowest BCUT2D eigenvalue weighted by atomic mass is 10.2. The third kappa shape index (κ3) is 4.95. The van der Waals surface area contributed by atoms with Gasteiger partial charge in [0.25, 0.3) is 0 Å². The van der Waals surface area contributed by atoms with Crippen LogP contribution in [-0.2, 0) is 6.18 Å². The van der Waals surface area contributed by atoms with Crippen molar-refractivity contribution in [2.45, 2.75) is 6.18 Å². The van der Waals surface area contributed by atoms with Gasteiger partial charge in [-0.15, -0.1) is 0 Å². The molecule has 0 spiro atoms. The number of hydrogen-bond acceptors (Lipinski definition) is 4. The average molecular weight is 451 g/mol. The maximum atomic E-state index is 12.9. The normalized spacial score (nSPS) is 12.4. The molecule has 3 aromatic rings. The van der Waals surface area contributed by atoms with Gasteiger partial charge >= 0.3 is 12.2 Å². The molecular formula is C21H14ClF3N2O4. The zero-order valence-electron chi connectivity index (χ0n) is 15.6. The minimum absolute atomic E-state index is 0.0445. The summed E-state index contributed by atoms with van der Waals surface area (Å²) in [5.41, 5.74) is -0.658. The molecular weight excluding hydrogens is 437 g/mol. The molecule has 0 bridgehead atoms. The van der Waals surface area contributed by atoms with Crippen LogP contribution in [0.2, 0.25) is 5.02 Å². The molecule has 10 heteroatoms. The number of fused-ring (bicyclic) bond motifs is 1. The molecule has 0 atom stereocenters. The van der Waals surface area contributed by atoms with Crippen LogP contribution in [0.5, 0.6) is 23.0 Å². The van der Waals surface area contributed by atoms with Crippen molar-refractivity contribution < 1.29 is 32.2 Å². The molecule has 6 nitrogen and oxygen atoms in total. The predicted octanol–water partition coefficient (Wildman–Crippen LogP) is 6.52. The lowest BCUT2D eigenvalue weighted by Crippen LogP contribution is -2.19. The van der Waals surface area contributed by atoms with Gasteiger partial charge in [-0.25, -0.2) is 4.79 Å². The molecule has 31 heavy (non-hydrogen) atoms. The van der Waals surface area contributed by atoms with Gasteiger partial charge in [0.1, 0.15) is 11.5 Å². The van der Waals surface area contributed by atoms with Gasteiger partial charge in [0.15, 0.2) is 11.5 Å². The summed E-state index contributed by atoms with van der Waals surface area (Å²) in [5.74, 6) is 2.28. The second-order valence-electron chi connectivity index (χ2n) is 6.41. The van der Waals surface area contributed by atoms with E-state index >= 15 is 0 Å². The van der Waals surface area contributed by atoms with E-state index in [1.807, 2.05) is 0 Å². The molecule has 2 amide bonds. The van der Waals surface area contributed by atoms with Crippen molar-refractivity contribution in [1.82, 2.24) is 0 Å². The minimum atomic E-state index is -4.63. The van der Waals surface area contributed by atoms with Gasteiger partial charge in [0.05, 0.1) is 10.6 Å². The highest BCUT2D eigenvalue weighted by atomic mass is 35.5. The molecule has 1 aliphatic rings. The van der Waals surface area contributed by atoms with E-state index in [-0.39, 0.29) is 12.5 Å². The number of nitrogens with one attached hydrogen (secondary N) is 2. The van der Waals surface area contributed by atoms with Crippen LogP contribution in [0.3, 0.4) is 0 Å². The SMILES string of the molecule is O=C(Nc1ccc(Oc2ccc3c(c2)OCO3)cc1)Nc1ccc(Cl)c(C(F)(F)F)c1. The van der Waals surface area contributed by atoms with Crippen molar-refractivity contribution in [2.24, 2.45) is 0 Å². The van der Waals surface area contributed by atoms with Crippen molar-refractivity contribution in [3.05, 3.63) is 71.2 Å². The highest BCUT2D eigenvalue weighted by Crippen LogP contribution is 2.37. The second-order valence-corrected chi connectivity index (χ2v) is 6.82. The quantitative estimate of drug-likeness (QED) is 0.474. The monoisotopic (exact) mass is 450 g/mol. The lowest BCUT2D eigenvalue weighted by Gasteiger charge is -2.12. The summed E-state index contributed by atoms with van der Waals surface area (Å²) in [6.45, 7) is 0.161. The highest BCUT2D eigenvalue weighted by Gasteiger charge is 2.33. The first-order chi connectivity index (χ1) is 14.8. The van der Waals surface area contributed by atoms with Crippen molar-refractivity contribution in [3.8, 4) is 23.0 Å². The van der Waals surface area contributed by atoms with Crippen LogP contribution >= 0.6 is 11.6 Å². The Morgan fingerprint density at radius 3 is 2.26 bits per heavy atom. The summed E-state index contributed by atoms with van der Waals surface area (Å²) in [7, 11) is 0. The van der Waals surface area contributed by atoms with Crippen molar-refractivity contribution >= 4 is 29.0 Å². The van der Waals surface area contributed by atoms with Crippen LogP contribution in [0.4, 0.5) is 29.3 Å².